The molecular weight excluding hydrogens is 419 g/mol. The van der Waals surface area contributed by atoms with Crippen LogP contribution in [0.3, 0.4) is 0 Å². The number of rotatable bonds is 4. The van der Waals surface area contributed by atoms with Crippen molar-refractivity contribution in [3.8, 4) is 5.75 Å². The zero-order valence-electron chi connectivity index (χ0n) is 18.8. The molecule has 1 spiro atoms. The monoisotopic (exact) mass is 450 g/mol. The number of nitrogens with one attached hydrogen (secondary N) is 1. The van der Waals surface area contributed by atoms with Crippen molar-refractivity contribution in [2.24, 2.45) is 4.99 Å². The number of carbonyl (C=O) groups excluding carboxylic acids is 1. The molecule has 2 heterocycles. The van der Waals surface area contributed by atoms with E-state index < -0.39 is 5.54 Å². The molecule has 2 amide bonds. The largest absolute Gasteiger partial charge is 0.508 e. The summed E-state index contributed by atoms with van der Waals surface area (Å²) in [4.78, 5) is 21.7. The van der Waals surface area contributed by atoms with Gasteiger partial charge in [0, 0.05) is 31.4 Å². The summed E-state index contributed by atoms with van der Waals surface area (Å²) in [5, 5.41) is 13.4. The number of nitrogens with zero attached hydrogens (tertiary/aromatic N) is 3. The second kappa shape index (κ2) is 9.14. The first-order valence-electron chi connectivity index (χ1n) is 12.0. The van der Waals surface area contributed by atoms with Crippen LogP contribution in [0.25, 0.3) is 0 Å². The summed E-state index contributed by atoms with van der Waals surface area (Å²) in [5.74, 6) is 0.664. The first kappa shape index (κ1) is 21.9. The number of halogens is 1. The Morgan fingerprint density at radius 3 is 2.55 bits per heavy atom. The summed E-state index contributed by atoms with van der Waals surface area (Å²) in [6.45, 7) is 2.29. The number of piperidine rings is 1. The molecule has 0 atom stereocenters. The van der Waals surface area contributed by atoms with E-state index in [1.807, 2.05) is 12.1 Å². The predicted molar refractivity (Wildman–Crippen MR) is 127 cm³/mol. The molecule has 6 nitrogen and oxygen atoms in total. The van der Waals surface area contributed by atoms with Gasteiger partial charge >= 0.3 is 6.03 Å². The fraction of sp³-hybridized carbons (Fsp3) is 0.462. The number of carbonyl (C=O) groups is 1. The Kier molecular flexibility index (Phi) is 6.06. The normalized spacial score (nSPS) is 21.4. The number of hydrogen-bond donors (Lipinski definition) is 2. The second-order valence-corrected chi connectivity index (χ2v) is 9.52. The molecule has 5 rings (SSSR count). The summed E-state index contributed by atoms with van der Waals surface area (Å²) in [6, 6.07) is 13.6. The van der Waals surface area contributed by atoms with Crippen LogP contribution in [0.4, 0.5) is 14.9 Å². The number of aromatic hydroxyl groups is 1. The van der Waals surface area contributed by atoms with Crippen LogP contribution in [0.15, 0.2) is 53.5 Å². The summed E-state index contributed by atoms with van der Waals surface area (Å²) in [5.41, 5.74) is 1.03. The SMILES string of the molecule is O=C1N=C(NC2CCCCC2)C2(CCN(Cc3cccc(O)c3)CC2)N1c1cccc(F)c1. The highest BCUT2D eigenvalue weighted by Gasteiger charge is 2.52. The van der Waals surface area contributed by atoms with E-state index in [1.165, 1.54) is 31.4 Å². The van der Waals surface area contributed by atoms with E-state index in [1.54, 1.807) is 29.2 Å². The Labute approximate surface area is 194 Å². The molecule has 2 aromatic rings. The molecule has 2 aliphatic heterocycles. The van der Waals surface area contributed by atoms with Gasteiger partial charge in [0.25, 0.3) is 0 Å². The lowest BCUT2D eigenvalue weighted by atomic mass is 9.83. The minimum atomic E-state index is -0.586. The molecule has 0 aromatic heterocycles. The number of amides is 2. The van der Waals surface area contributed by atoms with Crippen molar-refractivity contribution in [1.29, 1.82) is 0 Å². The van der Waals surface area contributed by atoms with Crippen molar-refractivity contribution in [3.63, 3.8) is 0 Å². The van der Waals surface area contributed by atoms with Gasteiger partial charge in [-0.1, -0.05) is 37.5 Å². The minimum Gasteiger partial charge on any atom is -0.508 e. The number of phenolic OH excluding ortho intramolecular Hbond substituents is 1. The highest BCUT2D eigenvalue weighted by Crippen LogP contribution is 2.39. The molecule has 0 radical (unpaired) electrons. The maximum Gasteiger partial charge on any atom is 0.350 e. The maximum atomic E-state index is 14.1. The quantitative estimate of drug-likeness (QED) is 0.700. The van der Waals surface area contributed by atoms with Crippen molar-refractivity contribution in [2.45, 2.75) is 63.1 Å². The van der Waals surface area contributed by atoms with E-state index in [4.69, 9.17) is 0 Å². The van der Waals surface area contributed by atoms with Crippen LogP contribution in [0.2, 0.25) is 0 Å². The Balaban J connectivity index is 1.39. The molecule has 33 heavy (non-hydrogen) atoms. The van der Waals surface area contributed by atoms with Crippen molar-refractivity contribution < 1.29 is 14.3 Å². The van der Waals surface area contributed by atoms with Crippen LogP contribution in [-0.2, 0) is 6.54 Å². The number of aliphatic imine (C=N–C) groups is 1. The first-order chi connectivity index (χ1) is 16.0. The molecule has 2 N–H and O–H groups in total. The number of urea groups is 1. The van der Waals surface area contributed by atoms with Crippen LogP contribution in [0.5, 0.6) is 5.75 Å². The maximum absolute atomic E-state index is 14.1. The van der Waals surface area contributed by atoms with Gasteiger partial charge in [0.1, 0.15) is 22.9 Å². The van der Waals surface area contributed by atoms with E-state index in [2.05, 4.69) is 15.2 Å². The molecule has 174 valence electrons. The number of amidine groups is 1. The van der Waals surface area contributed by atoms with E-state index >= 15 is 0 Å². The Hall–Kier alpha value is -2.93. The van der Waals surface area contributed by atoms with Gasteiger partial charge < -0.3 is 10.4 Å². The molecule has 2 aromatic carbocycles. The van der Waals surface area contributed by atoms with Crippen LogP contribution >= 0.6 is 0 Å². The summed E-state index contributed by atoms with van der Waals surface area (Å²) < 4.78 is 14.1. The summed E-state index contributed by atoms with van der Waals surface area (Å²) in [7, 11) is 0. The molecule has 2 fully saturated rings. The van der Waals surface area contributed by atoms with E-state index in [9.17, 15) is 14.3 Å². The fourth-order valence-electron chi connectivity index (χ4n) is 5.57. The summed E-state index contributed by atoms with van der Waals surface area (Å²) >= 11 is 0. The van der Waals surface area contributed by atoms with E-state index in [0.717, 1.165) is 43.9 Å². The third-order valence-corrected chi connectivity index (χ3v) is 7.28. The van der Waals surface area contributed by atoms with Gasteiger partial charge in [0.15, 0.2) is 0 Å². The molecule has 1 saturated heterocycles. The molecule has 7 heteroatoms. The standard InChI is InChI=1S/C26H31FN4O2/c27-20-7-5-10-22(17-20)31-25(33)29-24(28-21-8-2-1-3-9-21)26(31)12-14-30(15-13-26)18-19-6-4-11-23(32)16-19/h4-7,10-11,16-17,21,32H,1-3,8-9,12-15,18H2,(H,28,29,33). The highest BCUT2D eigenvalue weighted by atomic mass is 19.1. The van der Waals surface area contributed by atoms with Crippen LogP contribution in [0, 0.1) is 5.82 Å². The lowest BCUT2D eigenvalue weighted by Crippen LogP contribution is -2.62. The lowest BCUT2D eigenvalue weighted by Gasteiger charge is -2.45. The highest BCUT2D eigenvalue weighted by molar-refractivity contribution is 6.16. The summed E-state index contributed by atoms with van der Waals surface area (Å²) in [6.07, 6.45) is 7.25. The average Bonchev–Trinajstić information content (AvgIpc) is 3.06. The molecule has 1 aliphatic carbocycles. The zero-order chi connectivity index (χ0) is 22.8. The van der Waals surface area contributed by atoms with Gasteiger partial charge in [-0.3, -0.25) is 9.80 Å². The number of likely N-dealkylation sites (tertiary alicyclic amines) is 1. The molecule has 1 saturated carbocycles. The van der Waals surface area contributed by atoms with Gasteiger partial charge in [-0.2, -0.15) is 4.99 Å². The Morgan fingerprint density at radius 1 is 1.06 bits per heavy atom. The molecular formula is C26H31FN4O2. The van der Waals surface area contributed by atoms with E-state index in [-0.39, 0.29) is 17.6 Å². The molecule has 0 bridgehead atoms. The van der Waals surface area contributed by atoms with Crippen LogP contribution in [-0.4, -0.2) is 46.5 Å². The number of benzene rings is 2. The van der Waals surface area contributed by atoms with Crippen molar-refractivity contribution in [3.05, 3.63) is 59.9 Å². The number of phenols is 1. The van der Waals surface area contributed by atoms with Gasteiger partial charge in [-0.05, 0) is 61.6 Å². The average molecular weight is 451 g/mol. The minimum absolute atomic E-state index is 0.269. The smallest absolute Gasteiger partial charge is 0.350 e. The third kappa shape index (κ3) is 4.47. The topological polar surface area (TPSA) is 68.2 Å². The zero-order valence-corrected chi connectivity index (χ0v) is 18.8. The van der Waals surface area contributed by atoms with Crippen molar-refractivity contribution in [1.82, 2.24) is 10.2 Å². The fourth-order valence-corrected chi connectivity index (χ4v) is 5.57. The second-order valence-electron chi connectivity index (χ2n) is 9.52. The van der Waals surface area contributed by atoms with Gasteiger partial charge in [0.2, 0.25) is 0 Å². The molecule has 0 unspecified atom stereocenters. The number of anilines is 1. The Bertz CT molecular complexity index is 1040. The third-order valence-electron chi connectivity index (χ3n) is 7.28. The first-order valence-corrected chi connectivity index (χ1v) is 12.0. The van der Waals surface area contributed by atoms with Crippen molar-refractivity contribution >= 4 is 17.6 Å². The predicted octanol–water partition coefficient (Wildman–Crippen LogP) is 4.83. The van der Waals surface area contributed by atoms with Crippen molar-refractivity contribution in [2.75, 3.05) is 18.0 Å². The van der Waals surface area contributed by atoms with Crippen LogP contribution < -0.4 is 10.2 Å². The van der Waals surface area contributed by atoms with E-state index in [0.29, 0.717) is 24.6 Å². The van der Waals surface area contributed by atoms with Gasteiger partial charge in [-0.25, -0.2) is 9.18 Å². The number of hydrogen-bond acceptors (Lipinski definition) is 4. The molecule has 3 aliphatic rings. The van der Waals surface area contributed by atoms with Gasteiger partial charge in [0.05, 0.1) is 0 Å². The Morgan fingerprint density at radius 2 is 1.82 bits per heavy atom. The van der Waals surface area contributed by atoms with Gasteiger partial charge in [-0.15, -0.1) is 0 Å². The lowest BCUT2D eigenvalue weighted by molar-refractivity contribution is 0.181. The van der Waals surface area contributed by atoms with Crippen LogP contribution in [0.1, 0.15) is 50.5 Å².